The number of nitrogens with two attached hydrogens (primary N) is 2. The van der Waals surface area contributed by atoms with Crippen molar-refractivity contribution in [2.75, 3.05) is 31.2 Å². The maximum absolute atomic E-state index is 14.2. The van der Waals surface area contributed by atoms with Crippen LogP contribution in [0.4, 0.5) is 9.59 Å². The number of hydrogen-bond acceptors (Lipinski definition) is 18. The Labute approximate surface area is 468 Å². The van der Waals surface area contributed by atoms with Crippen LogP contribution in [0.1, 0.15) is 88.2 Å². The molecule has 2 rings (SSSR count). The summed E-state index contributed by atoms with van der Waals surface area (Å²) in [7, 11) is 2.22. The molecule has 7 amide bonds. The standard InChI is InChI=1S/C51H70N8O19S2/c52-35(47(70)57-38(27-45(67)68)40(62)26-34(48(71)72)29-80-79-22-21-77-50(53)75)28-55-46(69)33(23-31-11-5-3-6-12-31)25-39(61)37(24-32-13-7-4-8-14-32)56-42(64)15-9-1-2-10-20-54-41(63)17-16-36(49(73)74)58-51(76)59-43(78-30-60)18-19-44(65)66/h3-8,11-14,30,33-38,43H,1-2,9-10,15-29,52H2,(H2,53,75)(H,54,63)(H,55,69)(H,56,64)(H,57,70)(H,65,66)(H,67,68)(H,71,72)(H,73,74)(H2,58,59,76)/t33-,34+,35+,36+,37+,38+,43-/m1/s1. The molecule has 0 aromatic heterocycles. The number of urea groups is 1. The number of carboxylic acid groups (broad SMARTS) is 4. The number of nitrogens with one attached hydrogen (secondary N) is 6. The fourth-order valence-electron chi connectivity index (χ4n) is 7.47. The summed E-state index contributed by atoms with van der Waals surface area (Å²) in [5.74, 6) is -11.6. The van der Waals surface area contributed by atoms with E-state index < -0.39 is 139 Å². The zero-order chi connectivity index (χ0) is 59.4. The quantitative estimate of drug-likeness (QED) is 0.0191. The van der Waals surface area contributed by atoms with Gasteiger partial charge in [0.1, 0.15) is 18.7 Å². The van der Waals surface area contributed by atoms with Crippen molar-refractivity contribution in [1.82, 2.24) is 31.9 Å². The number of ketones is 2. The molecule has 440 valence electrons. The van der Waals surface area contributed by atoms with E-state index in [1.54, 1.807) is 60.7 Å². The lowest BCUT2D eigenvalue weighted by atomic mass is 9.89. The Hall–Kier alpha value is -7.79. The van der Waals surface area contributed by atoms with Gasteiger partial charge in [-0.25, -0.2) is 14.4 Å². The Balaban J connectivity index is 2.00. The van der Waals surface area contributed by atoms with E-state index in [4.69, 9.17) is 16.6 Å². The van der Waals surface area contributed by atoms with Crippen molar-refractivity contribution in [1.29, 1.82) is 0 Å². The molecule has 0 aliphatic rings. The Morgan fingerprint density at radius 2 is 1.21 bits per heavy atom. The third-order valence-electron chi connectivity index (χ3n) is 11.7. The number of aliphatic carboxylic acids is 4. The van der Waals surface area contributed by atoms with E-state index in [0.29, 0.717) is 31.2 Å². The van der Waals surface area contributed by atoms with E-state index in [2.05, 4.69) is 41.4 Å². The van der Waals surface area contributed by atoms with Crippen molar-refractivity contribution in [3.05, 3.63) is 71.8 Å². The maximum atomic E-state index is 14.2. The van der Waals surface area contributed by atoms with Gasteiger partial charge in [-0.3, -0.25) is 47.9 Å². The first-order chi connectivity index (χ1) is 38.1. The maximum Gasteiger partial charge on any atom is 0.404 e. The Bertz CT molecular complexity index is 2390. The number of ether oxygens (including phenoxy) is 2. The number of amides is 7. The molecule has 2 aromatic carbocycles. The van der Waals surface area contributed by atoms with Crippen molar-refractivity contribution in [3.8, 4) is 0 Å². The molecule has 0 aliphatic carbocycles. The van der Waals surface area contributed by atoms with Gasteiger partial charge in [-0.1, -0.05) is 95.1 Å². The second-order valence-electron chi connectivity index (χ2n) is 18.1. The van der Waals surface area contributed by atoms with E-state index >= 15 is 0 Å². The summed E-state index contributed by atoms with van der Waals surface area (Å²) >= 11 is 0. The van der Waals surface area contributed by atoms with Crippen LogP contribution < -0.4 is 43.4 Å². The molecule has 27 nitrogen and oxygen atoms in total. The number of carboxylic acids is 4. The SMILES string of the molecule is NC(=O)OCCSSC[C@H](CC(=O)[C@H](CC(=O)O)NC(=O)[C@@H](N)CNC(=O)[C@@H](CC(=O)[C@H](Cc1ccccc1)NC(=O)CCCCCCNC(=O)CC[C@H](NC(=O)N[C@@H](CCC(=O)O)OC=O)C(=O)O)Cc1ccccc1)C(=O)O. The largest absolute Gasteiger partial charge is 0.481 e. The van der Waals surface area contributed by atoms with Gasteiger partial charge in [0.05, 0.1) is 30.8 Å². The molecule has 0 radical (unpaired) electrons. The van der Waals surface area contributed by atoms with Crippen LogP contribution in [0.3, 0.4) is 0 Å². The fourth-order valence-corrected chi connectivity index (χ4v) is 9.60. The van der Waals surface area contributed by atoms with Crippen LogP contribution in [0, 0.1) is 11.8 Å². The first-order valence-electron chi connectivity index (χ1n) is 25.3. The number of primary amides is 1. The molecular formula is C51H70N8O19S2. The third kappa shape index (κ3) is 30.4. The highest BCUT2D eigenvalue weighted by atomic mass is 33.1. The number of benzene rings is 2. The first-order valence-corrected chi connectivity index (χ1v) is 27.8. The highest BCUT2D eigenvalue weighted by molar-refractivity contribution is 8.76. The molecule has 0 fully saturated rings. The first kappa shape index (κ1) is 68.3. The van der Waals surface area contributed by atoms with Gasteiger partial charge in [0, 0.05) is 62.6 Å². The summed E-state index contributed by atoms with van der Waals surface area (Å²) in [5, 5.41) is 52.2. The molecule has 7 atom stereocenters. The molecular weight excluding hydrogens is 1090 g/mol. The lowest BCUT2D eigenvalue weighted by Crippen LogP contribution is -2.53. The van der Waals surface area contributed by atoms with Gasteiger partial charge in [-0.05, 0) is 43.2 Å². The molecule has 80 heavy (non-hydrogen) atoms. The zero-order valence-corrected chi connectivity index (χ0v) is 45.3. The van der Waals surface area contributed by atoms with Crippen LogP contribution in [0.5, 0.6) is 0 Å². The number of Topliss-reactive ketones (excluding diaryl/α,β-unsaturated/α-hetero) is 2. The van der Waals surface area contributed by atoms with Crippen LogP contribution in [0.25, 0.3) is 0 Å². The van der Waals surface area contributed by atoms with Crippen molar-refractivity contribution in [2.45, 2.75) is 120 Å². The smallest absolute Gasteiger partial charge is 0.404 e. The molecule has 0 heterocycles. The predicted octanol–water partition coefficient (Wildman–Crippen LogP) is 1.03. The Kier molecular flexibility index (Phi) is 33.1. The molecule has 0 unspecified atom stereocenters. The van der Waals surface area contributed by atoms with Gasteiger partial charge in [-0.15, -0.1) is 0 Å². The monoisotopic (exact) mass is 1160 g/mol. The summed E-state index contributed by atoms with van der Waals surface area (Å²) in [6.45, 7) is -0.334. The van der Waals surface area contributed by atoms with Crippen LogP contribution >= 0.6 is 21.6 Å². The van der Waals surface area contributed by atoms with Gasteiger partial charge >= 0.3 is 36.0 Å². The average molecular weight is 1160 g/mol. The van der Waals surface area contributed by atoms with E-state index in [0.717, 1.165) is 27.2 Å². The van der Waals surface area contributed by atoms with Gasteiger partial charge in [0.2, 0.25) is 23.6 Å². The number of carbonyl (C=O) groups is 13. The average Bonchev–Trinajstić information content (AvgIpc) is 3.41. The van der Waals surface area contributed by atoms with Crippen LogP contribution in [0.15, 0.2) is 60.7 Å². The Morgan fingerprint density at radius 3 is 1.81 bits per heavy atom. The topological polar surface area (TPSA) is 446 Å². The Morgan fingerprint density at radius 1 is 0.588 bits per heavy atom. The zero-order valence-electron chi connectivity index (χ0n) is 43.7. The van der Waals surface area contributed by atoms with Crippen molar-refractivity contribution in [3.63, 3.8) is 0 Å². The molecule has 2 aromatic rings. The highest BCUT2D eigenvalue weighted by Crippen LogP contribution is 2.26. The number of unbranched alkanes of at least 4 members (excludes halogenated alkanes) is 3. The van der Waals surface area contributed by atoms with E-state index in [9.17, 15) is 77.6 Å². The fraction of sp³-hybridized carbons (Fsp3) is 0.510. The molecule has 14 N–H and O–H groups in total. The van der Waals surface area contributed by atoms with E-state index in [1.807, 2.05) is 0 Å². The lowest BCUT2D eigenvalue weighted by Gasteiger charge is -2.23. The van der Waals surface area contributed by atoms with Crippen molar-refractivity contribution >= 4 is 99.3 Å². The summed E-state index contributed by atoms with van der Waals surface area (Å²) in [5.41, 5.74) is 12.4. The normalized spacial score (nSPS) is 13.4. The minimum Gasteiger partial charge on any atom is -0.481 e. The molecule has 0 saturated carbocycles. The molecule has 29 heteroatoms. The van der Waals surface area contributed by atoms with E-state index in [1.165, 1.54) is 0 Å². The van der Waals surface area contributed by atoms with Crippen LogP contribution in [-0.4, -0.2) is 160 Å². The minimum atomic E-state index is -1.67. The number of rotatable bonds is 43. The van der Waals surface area contributed by atoms with E-state index in [-0.39, 0.29) is 76.1 Å². The minimum absolute atomic E-state index is 0.00287. The molecule has 0 spiro atoms. The highest BCUT2D eigenvalue weighted by Gasteiger charge is 2.32. The molecule has 0 bridgehead atoms. The van der Waals surface area contributed by atoms with Crippen molar-refractivity contribution < 1.29 is 92.2 Å². The number of carbonyl (C=O) groups excluding carboxylic acids is 9. The summed E-state index contributed by atoms with van der Waals surface area (Å²) in [6, 6.07) is 10.8. The summed E-state index contributed by atoms with van der Waals surface area (Å²) < 4.78 is 9.22. The van der Waals surface area contributed by atoms with Gasteiger partial charge in [0.25, 0.3) is 6.47 Å². The second kappa shape index (κ2) is 38.7. The third-order valence-corrected chi connectivity index (χ3v) is 14.1. The molecule has 0 aliphatic heterocycles. The predicted molar refractivity (Wildman–Crippen MR) is 288 cm³/mol. The van der Waals surface area contributed by atoms with Gasteiger partial charge < -0.3 is 73.3 Å². The second-order valence-corrected chi connectivity index (χ2v) is 20.7. The summed E-state index contributed by atoms with van der Waals surface area (Å²) in [6.07, 6.45) is -3.27. The van der Waals surface area contributed by atoms with Gasteiger partial charge in [0.15, 0.2) is 17.8 Å². The van der Waals surface area contributed by atoms with Gasteiger partial charge in [-0.2, -0.15) is 0 Å². The van der Waals surface area contributed by atoms with Crippen molar-refractivity contribution in [2.24, 2.45) is 23.3 Å². The summed E-state index contributed by atoms with van der Waals surface area (Å²) in [4.78, 5) is 160. The van der Waals surface area contributed by atoms with Crippen LogP contribution in [-0.2, 0) is 75.1 Å². The van der Waals surface area contributed by atoms with Crippen LogP contribution in [0.2, 0.25) is 0 Å². The lowest BCUT2D eigenvalue weighted by molar-refractivity contribution is -0.144. The molecule has 0 saturated heterocycles. The number of hydrogen-bond donors (Lipinski definition) is 12.